The summed E-state index contributed by atoms with van der Waals surface area (Å²) in [5, 5.41) is 10.8. The zero-order valence-corrected chi connectivity index (χ0v) is 14.1. The van der Waals surface area contributed by atoms with Crippen molar-refractivity contribution in [2.45, 2.75) is 32.2 Å². The minimum absolute atomic E-state index is 0.0237. The Morgan fingerprint density at radius 2 is 2.36 bits per heavy atom. The van der Waals surface area contributed by atoms with Crippen LogP contribution < -0.4 is 10.6 Å². The summed E-state index contributed by atoms with van der Waals surface area (Å²) in [6.45, 7) is 2.93. The molecule has 6 heteroatoms. The maximum Gasteiger partial charge on any atom is 0.227 e. The van der Waals surface area contributed by atoms with Gasteiger partial charge in [0.05, 0.1) is 11.4 Å². The van der Waals surface area contributed by atoms with Crippen molar-refractivity contribution in [2.75, 3.05) is 11.9 Å². The Kier molecular flexibility index (Phi) is 4.59. The number of hydrogen-bond acceptors (Lipinski definition) is 3. The molecule has 116 valence electrons. The smallest absolute Gasteiger partial charge is 0.227 e. The number of halogens is 1. The molecule has 2 heterocycles. The molecule has 1 aromatic carbocycles. The first kappa shape index (κ1) is 15.2. The average molecular weight is 363 g/mol. The first-order chi connectivity index (χ1) is 10.6. The van der Waals surface area contributed by atoms with Gasteiger partial charge in [0.25, 0.3) is 0 Å². The fraction of sp³-hybridized carbons (Fsp3) is 0.375. The van der Waals surface area contributed by atoms with Crippen molar-refractivity contribution in [3.63, 3.8) is 0 Å². The Balaban J connectivity index is 1.77. The maximum atomic E-state index is 12.2. The van der Waals surface area contributed by atoms with Crippen molar-refractivity contribution in [1.29, 1.82) is 0 Å². The van der Waals surface area contributed by atoms with Gasteiger partial charge in [-0.3, -0.25) is 4.79 Å². The van der Waals surface area contributed by atoms with Gasteiger partial charge in [-0.05, 0) is 44.5 Å². The van der Waals surface area contributed by atoms with E-state index in [1.165, 1.54) is 0 Å². The summed E-state index contributed by atoms with van der Waals surface area (Å²) in [5.74, 6) is 0.731. The summed E-state index contributed by atoms with van der Waals surface area (Å²) < 4.78 is 2.74. The van der Waals surface area contributed by atoms with Gasteiger partial charge in [0.15, 0.2) is 0 Å². The molecule has 0 saturated carbocycles. The summed E-state index contributed by atoms with van der Waals surface area (Å²) in [6.07, 6.45) is 2.72. The SMILES string of the molecule is Cc1cc(NC(=O)CC2CCCN2)n(-c2cccc(Br)c2)n1. The molecule has 2 aromatic rings. The minimum Gasteiger partial charge on any atom is -0.313 e. The molecule has 3 rings (SSSR count). The fourth-order valence-electron chi connectivity index (χ4n) is 2.74. The summed E-state index contributed by atoms with van der Waals surface area (Å²) >= 11 is 3.46. The zero-order chi connectivity index (χ0) is 15.5. The predicted octanol–water partition coefficient (Wildman–Crippen LogP) is 3.02. The molecule has 0 aliphatic carbocycles. The van der Waals surface area contributed by atoms with Crippen LogP contribution >= 0.6 is 15.9 Å². The molecule has 22 heavy (non-hydrogen) atoms. The number of aryl methyl sites for hydroxylation is 1. The summed E-state index contributed by atoms with van der Waals surface area (Å²) in [4.78, 5) is 12.2. The topological polar surface area (TPSA) is 59.0 Å². The van der Waals surface area contributed by atoms with E-state index in [9.17, 15) is 4.79 Å². The van der Waals surface area contributed by atoms with Crippen molar-refractivity contribution < 1.29 is 4.79 Å². The molecule has 1 saturated heterocycles. The second-order valence-electron chi connectivity index (χ2n) is 5.61. The number of hydrogen-bond donors (Lipinski definition) is 2. The lowest BCUT2D eigenvalue weighted by Gasteiger charge is -2.12. The van der Waals surface area contributed by atoms with E-state index in [2.05, 4.69) is 31.7 Å². The standard InChI is InChI=1S/C16H19BrN4O/c1-11-8-15(19-16(22)10-13-5-3-7-18-13)21(20-11)14-6-2-4-12(17)9-14/h2,4,6,8-9,13,18H,3,5,7,10H2,1H3,(H,19,22). The number of nitrogens with one attached hydrogen (secondary N) is 2. The van der Waals surface area contributed by atoms with E-state index in [0.29, 0.717) is 18.3 Å². The van der Waals surface area contributed by atoms with Crippen molar-refractivity contribution in [1.82, 2.24) is 15.1 Å². The van der Waals surface area contributed by atoms with Gasteiger partial charge in [-0.15, -0.1) is 0 Å². The van der Waals surface area contributed by atoms with Crippen molar-refractivity contribution in [3.05, 3.63) is 40.5 Å². The van der Waals surface area contributed by atoms with Gasteiger partial charge >= 0.3 is 0 Å². The summed E-state index contributed by atoms with van der Waals surface area (Å²) in [6, 6.07) is 10.0. The molecule has 2 N–H and O–H groups in total. The van der Waals surface area contributed by atoms with Crippen LogP contribution in [0.15, 0.2) is 34.8 Å². The van der Waals surface area contributed by atoms with Gasteiger partial charge in [0, 0.05) is 23.0 Å². The highest BCUT2D eigenvalue weighted by atomic mass is 79.9. The van der Waals surface area contributed by atoms with Crippen LogP contribution in [0.3, 0.4) is 0 Å². The summed E-state index contributed by atoms with van der Waals surface area (Å²) in [7, 11) is 0. The largest absolute Gasteiger partial charge is 0.313 e. The Bertz CT molecular complexity index is 677. The highest BCUT2D eigenvalue weighted by molar-refractivity contribution is 9.10. The van der Waals surface area contributed by atoms with Gasteiger partial charge in [-0.1, -0.05) is 22.0 Å². The fourth-order valence-corrected chi connectivity index (χ4v) is 3.13. The maximum absolute atomic E-state index is 12.2. The molecular weight excluding hydrogens is 344 g/mol. The van der Waals surface area contributed by atoms with Gasteiger partial charge in [-0.25, -0.2) is 4.68 Å². The average Bonchev–Trinajstić information content (AvgIpc) is 3.08. The van der Waals surface area contributed by atoms with E-state index in [1.54, 1.807) is 4.68 Å². The van der Waals surface area contributed by atoms with Crippen molar-refractivity contribution in [3.8, 4) is 5.69 Å². The van der Waals surface area contributed by atoms with Gasteiger partial charge in [0.1, 0.15) is 5.82 Å². The molecule has 5 nitrogen and oxygen atoms in total. The lowest BCUT2D eigenvalue weighted by molar-refractivity contribution is -0.116. The number of carbonyl (C=O) groups excluding carboxylic acids is 1. The van der Waals surface area contributed by atoms with Gasteiger partial charge in [0.2, 0.25) is 5.91 Å². The lowest BCUT2D eigenvalue weighted by Crippen LogP contribution is -2.28. The number of rotatable bonds is 4. The predicted molar refractivity (Wildman–Crippen MR) is 90.3 cm³/mol. The Morgan fingerprint density at radius 1 is 1.50 bits per heavy atom. The Hall–Kier alpha value is -1.66. The number of carbonyl (C=O) groups is 1. The van der Waals surface area contributed by atoms with Crippen LogP contribution in [-0.2, 0) is 4.79 Å². The van der Waals surface area contributed by atoms with Gasteiger partial charge < -0.3 is 10.6 Å². The zero-order valence-electron chi connectivity index (χ0n) is 12.5. The lowest BCUT2D eigenvalue weighted by atomic mass is 10.1. The number of benzene rings is 1. The van der Waals surface area contributed by atoms with E-state index < -0.39 is 0 Å². The van der Waals surface area contributed by atoms with Gasteiger partial charge in [-0.2, -0.15) is 5.10 Å². The first-order valence-corrected chi connectivity index (χ1v) is 8.27. The monoisotopic (exact) mass is 362 g/mol. The Labute approximate surface area is 138 Å². The third kappa shape index (κ3) is 3.56. The van der Waals surface area contributed by atoms with Crippen LogP contribution in [0.4, 0.5) is 5.82 Å². The van der Waals surface area contributed by atoms with Crippen molar-refractivity contribution >= 4 is 27.7 Å². The first-order valence-electron chi connectivity index (χ1n) is 7.47. The highest BCUT2D eigenvalue weighted by Crippen LogP contribution is 2.21. The molecule has 1 amide bonds. The third-order valence-electron chi connectivity index (χ3n) is 3.75. The van der Waals surface area contributed by atoms with Crippen LogP contribution in [0.25, 0.3) is 5.69 Å². The second kappa shape index (κ2) is 6.62. The molecule has 0 bridgehead atoms. The molecule has 0 spiro atoms. The number of anilines is 1. The normalized spacial score (nSPS) is 17.6. The molecular formula is C16H19BrN4O. The van der Waals surface area contributed by atoms with E-state index in [-0.39, 0.29) is 5.91 Å². The number of aromatic nitrogens is 2. The summed E-state index contributed by atoms with van der Waals surface area (Å²) in [5.41, 5.74) is 1.78. The molecule has 1 aliphatic rings. The molecule has 1 aromatic heterocycles. The van der Waals surface area contributed by atoms with E-state index in [4.69, 9.17) is 0 Å². The van der Waals surface area contributed by atoms with Crippen LogP contribution in [0.5, 0.6) is 0 Å². The molecule has 1 aliphatic heterocycles. The molecule has 1 unspecified atom stereocenters. The third-order valence-corrected chi connectivity index (χ3v) is 4.24. The molecule has 0 radical (unpaired) electrons. The van der Waals surface area contributed by atoms with E-state index in [0.717, 1.165) is 35.2 Å². The van der Waals surface area contributed by atoms with E-state index >= 15 is 0 Å². The highest BCUT2D eigenvalue weighted by Gasteiger charge is 2.19. The number of nitrogens with zero attached hydrogens (tertiary/aromatic N) is 2. The quantitative estimate of drug-likeness (QED) is 0.878. The molecule has 1 atom stereocenters. The van der Waals surface area contributed by atoms with Crippen molar-refractivity contribution in [2.24, 2.45) is 0 Å². The van der Waals surface area contributed by atoms with E-state index in [1.807, 2.05) is 37.3 Å². The molecule has 1 fully saturated rings. The number of amides is 1. The second-order valence-corrected chi connectivity index (χ2v) is 6.52. The van der Waals surface area contributed by atoms with Crippen LogP contribution in [0.1, 0.15) is 25.0 Å². The minimum atomic E-state index is 0.0237. The van der Waals surface area contributed by atoms with Crippen LogP contribution in [-0.4, -0.2) is 28.3 Å². The Morgan fingerprint density at radius 3 is 3.09 bits per heavy atom. The van der Waals surface area contributed by atoms with Crippen LogP contribution in [0, 0.1) is 6.92 Å². The van der Waals surface area contributed by atoms with Crippen LogP contribution in [0.2, 0.25) is 0 Å².